The monoisotopic (exact) mass is 341 g/mol. The number of aryl methyl sites for hydroxylation is 1. The first kappa shape index (κ1) is 18.4. The van der Waals surface area contributed by atoms with Crippen molar-refractivity contribution in [2.75, 3.05) is 13.7 Å². The average Bonchev–Trinajstić information content (AvgIpc) is 2.42. The van der Waals surface area contributed by atoms with Gasteiger partial charge in [0.25, 0.3) is 0 Å². The molecule has 0 radical (unpaired) electrons. The van der Waals surface area contributed by atoms with Crippen molar-refractivity contribution in [1.29, 1.82) is 0 Å². The van der Waals surface area contributed by atoms with Crippen molar-refractivity contribution >= 4 is 16.0 Å². The zero-order chi connectivity index (χ0) is 17.1. The second-order valence-electron chi connectivity index (χ2n) is 4.37. The van der Waals surface area contributed by atoms with E-state index < -0.39 is 40.4 Å². The average molecular weight is 341 g/mol. The van der Waals surface area contributed by atoms with Crippen LogP contribution in [-0.2, 0) is 25.7 Å². The molecular formula is C12H14F3NO5S. The van der Waals surface area contributed by atoms with Crippen LogP contribution in [0.3, 0.4) is 0 Å². The molecule has 0 amide bonds. The lowest BCUT2D eigenvalue weighted by atomic mass is 10.1. The van der Waals surface area contributed by atoms with E-state index in [1.54, 1.807) is 0 Å². The van der Waals surface area contributed by atoms with Gasteiger partial charge in [-0.15, -0.1) is 0 Å². The Morgan fingerprint density at radius 1 is 1.41 bits per heavy atom. The third-order valence-corrected chi connectivity index (χ3v) is 4.32. The molecule has 0 aliphatic heterocycles. The number of rotatable bonds is 5. The number of carbonyl (C=O) groups excluding carboxylic acids is 1. The van der Waals surface area contributed by atoms with E-state index in [-0.39, 0.29) is 10.5 Å². The number of ether oxygens (including phenoxy) is 1. The van der Waals surface area contributed by atoms with Crippen LogP contribution in [0.4, 0.5) is 13.2 Å². The summed E-state index contributed by atoms with van der Waals surface area (Å²) in [7, 11) is -3.16. The van der Waals surface area contributed by atoms with E-state index in [1.807, 2.05) is 4.72 Å². The first-order valence-corrected chi connectivity index (χ1v) is 7.40. The summed E-state index contributed by atoms with van der Waals surface area (Å²) in [6.45, 7) is 0.552. The molecule has 0 fully saturated rings. The summed E-state index contributed by atoms with van der Waals surface area (Å²) >= 11 is 0. The Hall–Kier alpha value is -1.65. The van der Waals surface area contributed by atoms with E-state index in [0.717, 1.165) is 13.2 Å². The minimum absolute atomic E-state index is 0.116. The largest absolute Gasteiger partial charge is 0.467 e. The number of aliphatic hydroxyl groups excluding tert-OH is 1. The van der Waals surface area contributed by atoms with Gasteiger partial charge in [0.1, 0.15) is 0 Å². The van der Waals surface area contributed by atoms with Crippen LogP contribution in [0.15, 0.2) is 23.1 Å². The fourth-order valence-electron chi connectivity index (χ4n) is 1.61. The molecule has 0 saturated carbocycles. The molecule has 0 aliphatic rings. The summed E-state index contributed by atoms with van der Waals surface area (Å²) in [5.41, 5.74) is -1.09. The van der Waals surface area contributed by atoms with Gasteiger partial charge >= 0.3 is 12.1 Å². The van der Waals surface area contributed by atoms with Gasteiger partial charge < -0.3 is 9.84 Å². The lowest BCUT2D eigenvalue weighted by molar-refractivity contribution is -0.149. The second-order valence-corrected chi connectivity index (χ2v) is 6.10. The molecule has 1 aromatic carbocycles. The highest BCUT2D eigenvalue weighted by atomic mass is 32.2. The fraction of sp³-hybridized carbons (Fsp3) is 0.417. The van der Waals surface area contributed by atoms with Crippen LogP contribution in [0.1, 0.15) is 11.1 Å². The predicted molar refractivity (Wildman–Crippen MR) is 69.4 cm³/mol. The van der Waals surface area contributed by atoms with Gasteiger partial charge in [-0.1, -0.05) is 0 Å². The van der Waals surface area contributed by atoms with Gasteiger partial charge in [0.05, 0.1) is 17.6 Å². The fourth-order valence-corrected chi connectivity index (χ4v) is 2.88. The van der Waals surface area contributed by atoms with Crippen LogP contribution >= 0.6 is 0 Å². The minimum atomic E-state index is -4.58. The maximum absolute atomic E-state index is 12.5. The number of aliphatic hydroxyl groups is 1. The van der Waals surface area contributed by atoms with Crippen molar-refractivity contribution in [2.45, 2.75) is 24.1 Å². The van der Waals surface area contributed by atoms with Crippen LogP contribution in [0.5, 0.6) is 0 Å². The molecule has 124 valence electrons. The van der Waals surface area contributed by atoms with E-state index in [9.17, 15) is 31.5 Å². The predicted octanol–water partition coefficient (Wildman–Crippen LogP) is 0.826. The Balaban J connectivity index is 2.97. The van der Waals surface area contributed by atoms with Crippen molar-refractivity contribution in [2.24, 2.45) is 0 Å². The van der Waals surface area contributed by atoms with Gasteiger partial charge in [0.15, 0.2) is 6.10 Å². The molecule has 0 saturated heterocycles. The third-order valence-electron chi connectivity index (χ3n) is 2.73. The molecule has 22 heavy (non-hydrogen) atoms. The molecule has 1 aromatic rings. The zero-order valence-corrected chi connectivity index (χ0v) is 12.5. The molecule has 0 unspecified atom stereocenters. The third kappa shape index (κ3) is 4.42. The van der Waals surface area contributed by atoms with E-state index >= 15 is 0 Å². The number of sulfonamides is 1. The van der Waals surface area contributed by atoms with E-state index in [1.165, 1.54) is 6.92 Å². The number of esters is 1. The molecule has 10 heteroatoms. The second kappa shape index (κ2) is 6.63. The number of hydrogen-bond donors (Lipinski definition) is 2. The number of methoxy groups -OCH3 is 1. The van der Waals surface area contributed by atoms with Gasteiger partial charge in [-0.25, -0.2) is 17.9 Å². The topological polar surface area (TPSA) is 92.7 Å². The Kier molecular flexibility index (Phi) is 5.54. The van der Waals surface area contributed by atoms with Crippen molar-refractivity contribution in [3.05, 3.63) is 29.3 Å². The van der Waals surface area contributed by atoms with Gasteiger partial charge in [0, 0.05) is 6.54 Å². The summed E-state index contributed by atoms with van der Waals surface area (Å²) in [6, 6.07) is 2.15. The highest BCUT2D eigenvalue weighted by Gasteiger charge is 2.31. The number of nitrogens with one attached hydrogen (secondary N) is 1. The van der Waals surface area contributed by atoms with Crippen molar-refractivity contribution in [1.82, 2.24) is 4.72 Å². The summed E-state index contributed by atoms with van der Waals surface area (Å²) in [5.74, 6) is -1.04. The summed E-state index contributed by atoms with van der Waals surface area (Å²) in [4.78, 5) is 10.6. The van der Waals surface area contributed by atoms with Crippen LogP contribution in [0, 0.1) is 6.92 Å². The Bertz CT molecular complexity index is 657. The first-order chi connectivity index (χ1) is 9.99. The summed E-state index contributed by atoms with van der Waals surface area (Å²) < 4.78 is 67.7. The maximum Gasteiger partial charge on any atom is 0.416 e. The standard InChI is InChI=1S/C12H14F3NO5S/c1-7-5-8(12(13,14)15)3-4-10(7)22(19,20)16-6-9(17)11(18)21-2/h3-5,9,16-17H,6H2,1-2H3/t9-/m0/s1. The maximum atomic E-state index is 12.5. The number of hydrogen-bond acceptors (Lipinski definition) is 5. The Morgan fingerprint density at radius 3 is 2.45 bits per heavy atom. The molecule has 1 rings (SSSR count). The van der Waals surface area contributed by atoms with Gasteiger partial charge in [0.2, 0.25) is 10.0 Å². The van der Waals surface area contributed by atoms with Crippen molar-refractivity contribution < 1.29 is 36.2 Å². The van der Waals surface area contributed by atoms with E-state index in [2.05, 4.69) is 4.74 Å². The summed E-state index contributed by atoms with van der Waals surface area (Å²) in [5, 5.41) is 9.30. The van der Waals surface area contributed by atoms with Crippen LogP contribution in [0.25, 0.3) is 0 Å². The van der Waals surface area contributed by atoms with E-state index in [4.69, 9.17) is 0 Å². The number of halogens is 3. The molecule has 6 nitrogen and oxygen atoms in total. The summed E-state index contributed by atoms with van der Waals surface area (Å²) in [6.07, 6.45) is -6.30. The highest BCUT2D eigenvalue weighted by molar-refractivity contribution is 7.89. The highest BCUT2D eigenvalue weighted by Crippen LogP contribution is 2.31. The number of carbonyl (C=O) groups is 1. The smallest absolute Gasteiger partial charge is 0.416 e. The van der Waals surface area contributed by atoms with Gasteiger partial charge in [-0.05, 0) is 30.7 Å². The van der Waals surface area contributed by atoms with Crippen LogP contribution in [0.2, 0.25) is 0 Å². The Morgan fingerprint density at radius 2 is 2.00 bits per heavy atom. The number of alkyl halides is 3. The quantitative estimate of drug-likeness (QED) is 0.774. The molecule has 0 bridgehead atoms. The van der Waals surface area contributed by atoms with Crippen LogP contribution < -0.4 is 4.72 Å². The van der Waals surface area contributed by atoms with Gasteiger partial charge in [-0.2, -0.15) is 13.2 Å². The van der Waals surface area contributed by atoms with Gasteiger partial charge in [-0.3, -0.25) is 0 Å². The molecule has 2 N–H and O–H groups in total. The number of benzene rings is 1. The van der Waals surface area contributed by atoms with Crippen molar-refractivity contribution in [3.8, 4) is 0 Å². The molecule has 1 atom stereocenters. The lowest BCUT2D eigenvalue weighted by Gasteiger charge is -2.13. The Labute approximate surface area is 124 Å². The van der Waals surface area contributed by atoms with Crippen molar-refractivity contribution in [3.63, 3.8) is 0 Å². The zero-order valence-electron chi connectivity index (χ0n) is 11.6. The SMILES string of the molecule is COC(=O)[C@@H](O)CNS(=O)(=O)c1ccc(C(F)(F)F)cc1C. The van der Waals surface area contributed by atoms with E-state index in [0.29, 0.717) is 12.1 Å². The molecule has 0 spiro atoms. The molecule has 0 aliphatic carbocycles. The first-order valence-electron chi connectivity index (χ1n) is 5.92. The minimum Gasteiger partial charge on any atom is -0.467 e. The molecule has 0 heterocycles. The molecular weight excluding hydrogens is 327 g/mol. The molecule has 0 aromatic heterocycles. The normalized spacial score (nSPS) is 13.7. The van der Waals surface area contributed by atoms with Crippen LogP contribution in [-0.4, -0.2) is 39.3 Å². The lowest BCUT2D eigenvalue weighted by Crippen LogP contribution is -2.37.